The molecule has 0 fully saturated rings. The second-order valence-electron chi connectivity index (χ2n) is 4.03. The third-order valence-electron chi connectivity index (χ3n) is 2.13. The summed E-state index contributed by atoms with van der Waals surface area (Å²) in [6, 6.07) is 5.09. The van der Waals surface area contributed by atoms with Crippen LogP contribution in [-0.4, -0.2) is 18.9 Å². The van der Waals surface area contributed by atoms with Gasteiger partial charge >= 0.3 is 0 Å². The molecule has 0 unspecified atom stereocenters. The predicted octanol–water partition coefficient (Wildman–Crippen LogP) is 1.17. The molecule has 17 heavy (non-hydrogen) atoms. The van der Waals surface area contributed by atoms with Crippen LogP contribution in [0.1, 0.15) is 13.8 Å². The van der Waals surface area contributed by atoms with Crippen molar-refractivity contribution in [3.63, 3.8) is 0 Å². The van der Waals surface area contributed by atoms with Gasteiger partial charge in [-0.3, -0.25) is 0 Å². The molecule has 0 saturated heterocycles. The van der Waals surface area contributed by atoms with Gasteiger partial charge in [0.1, 0.15) is 10.7 Å². The standard InChI is InChI=1S/C10H13FN2O2S2/c1-10(2,9(12)16)13-17(14,15)8-6-4-3-5-7(8)11/h3-6,13H,1-2H3,(H2,12,16). The fourth-order valence-corrected chi connectivity index (χ4v) is 2.69. The lowest BCUT2D eigenvalue weighted by Crippen LogP contribution is -2.52. The molecule has 0 bridgehead atoms. The minimum absolute atomic E-state index is 0.0163. The van der Waals surface area contributed by atoms with Gasteiger partial charge in [-0.25, -0.2) is 12.8 Å². The van der Waals surface area contributed by atoms with Crippen molar-refractivity contribution in [3.05, 3.63) is 30.1 Å². The lowest BCUT2D eigenvalue weighted by Gasteiger charge is -2.24. The highest BCUT2D eigenvalue weighted by Gasteiger charge is 2.30. The molecule has 0 aliphatic carbocycles. The number of thiocarbonyl (C=S) groups is 1. The average Bonchev–Trinajstić information content (AvgIpc) is 2.16. The van der Waals surface area contributed by atoms with Crippen molar-refractivity contribution in [2.75, 3.05) is 0 Å². The molecule has 0 aliphatic heterocycles. The quantitative estimate of drug-likeness (QED) is 0.810. The molecule has 0 aliphatic rings. The fraction of sp³-hybridized carbons (Fsp3) is 0.300. The third kappa shape index (κ3) is 3.21. The van der Waals surface area contributed by atoms with E-state index in [9.17, 15) is 12.8 Å². The van der Waals surface area contributed by atoms with E-state index in [1.807, 2.05) is 0 Å². The highest BCUT2D eigenvalue weighted by Crippen LogP contribution is 2.16. The average molecular weight is 276 g/mol. The summed E-state index contributed by atoms with van der Waals surface area (Å²) in [6.07, 6.45) is 0. The maximum atomic E-state index is 13.4. The summed E-state index contributed by atoms with van der Waals surface area (Å²) < 4.78 is 39.4. The SMILES string of the molecule is CC(C)(NS(=O)(=O)c1ccccc1F)C(N)=S. The van der Waals surface area contributed by atoms with Crippen molar-refractivity contribution in [3.8, 4) is 0 Å². The Morgan fingerprint density at radius 3 is 2.41 bits per heavy atom. The van der Waals surface area contributed by atoms with Crippen LogP contribution in [0.3, 0.4) is 0 Å². The number of hydrogen-bond acceptors (Lipinski definition) is 3. The summed E-state index contributed by atoms with van der Waals surface area (Å²) in [7, 11) is -3.99. The number of sulfonamides is 1. The molecule has 1 aromatic rings. The van der Waals surface area contributed by atoms with Crippen LogP contribution in [0, 0.1) is 5.82 Å². The van der Waals surface area contributed by atoms with Crippen molar-refractivity contribution in [1.82, 2.24) is 4.72 Å². The second-order valence-corrected chi connectivity index (χ2v) is 6.12. The molecule has 7 heteroatoms. The number of halogens is 1. The maximum Gasteiger partial charge on any atom is 0.244 e. The molecule has 0 saturated carbocycles. The molecule has 3 N–H and O–H groups in total. The minimum atomic E-state index is -3.99. The first kappa shape index (κ1) is 14.0. The van der Waals surface area contributed by atoms with Crippen LogP contribution in [0.2, 0.25) is 0 Å². The molecule has 0 aromatic heterocycles. The zero-order valence-electron chi connectivity index (χ0n) is 9.40. The summed E-state index contributed by atoms with van der Waals surface area (Å²) in [4.78, 5) is -0.443. The van der Waals surface area contributed by atoms with Crippen LogP contribution < -0.4 is 10.5 Å². The van der Waals surface area contributed by atoms with E-state index in [1.54, 1.807) is 0 Å². The van der Waals surface area contributed by atoms with Crippen LogP contribution in [0.4, 0.5) is 4.39 Å². The normalized spacial score (nSPS) is 12.4. The zero-order chi connectivity index (χ0) is 13.3. The molecule has 0 heterocycles. The number of hydrogen-bond donors (Lipinski definition) is 2. The largest absolute Gasteiger partial charge is 0.392 e. The van der Waals surface area contributed by atoms with Gasteiger partial charge in [-0.2, -0.15) is 4.72 Å². The highest BCUT2D eigenvalue weighted by atomic mass is 32.2. The molecule has 0 spiro atoms. The van der Waals surface area contributed by atoms with Crippen molar-refractivity contribution in [1.29, 1.82) is 0 Å². The molecule has 0 amide bonds. The summed E-state index contributed by atoms with van der Waals surface area (Å²) >= 11 is 4.74. The van der Waals surface area contributed by atoms with Gasteiger partial charge < -0.3 is 5.73 Å². The molecule has 1 aromatic carbocycles. The number of rotatable bonds is 4. The molecule has 0 atom stereocenters. The minimum Gasteiger partial charge on any atom is -0.392 e. The van der Waals surface area contributed by atoms with Gasteiger partial charge in [0, 0.05) is 0 Å². The van der Waals surface area contributed by atoms with Gasteiger partial charge in [-0.15, -0.1) is 0 Å². The Balaban J connectivity index is 3.15. The van der Waals surface area contributed by atoms with E-state index in [4.69, 9.17) is 18.0 Å². The molecular weight excluding hydrogens is 263 g/mol. The van der Waals surface area contributed by atoms with Crippen LogP contribution in [0.25, 0.3) is 0 Å². The molecule has 94 valence electrons. The third-order valence-corrected chi connectivity index (χ3v) is 4.33. The van der Waals surface area contributed by atoms with Crippen molar-refractivity contribution in [2.45, 2.75) is 24.3 Å². The zero-order valence-corrected chi connectivity index (χ0v) is 11.0. The number of nitrogens with two attached hydrogens (primary N) is 1. The fourth-order valence-electron chi connectivity index (χ4n) is 1.10. The first-order valence-corrected chi connectivity index (χ1v) is 6.64. The van der Waals surface area contributed by atoms with Crippen LogP contribution in [0.15, 0.2) is 29.2 Å². The first-order chi connectivity index (χ1) is 7.67. The summed E-state index contributed by atoms with van der Waals surface area (Å²) in [5.41, 5.74) is 4.29. The number of nitrogens with one attached hydrogen (secondary N) is 1. The smallest absolute Gasteiger partial charge is 0.244 e. The van der Waals surface area contributed by atoms with E-state index >= 15 is 0 Å². The van der Waals surface area contributed by atoms with E-state index < -0.39 is 26.3 Å². The second kappa shape index (κ2) is 4.67. The topological polar surface area (TPSA) is 72.2 Å². The van der Waals surface area contributed by atoms with Gasteiger partial charge in [0.25, 0.3) is 0 Å². The highest BCUT2D eigenvalue weighted by molar-refractivity contribution is 7.89. The van der Waals surface area contributed by atoms with Gasteiger partial charge in [-0.05, 0) is 26.0 Å². The Hall–Kier alpha value is -1.05. The van der Waals surface area contributed by atoms with E-state index in [0.717, 1.165) is 6.07 Å². The molecule has 0 radical (unpaired) electrons. The van der Waals surface area contributed by atoms with Crippen LogP contribution in [0.5, 0.6) is 0 Å². The summed E-state index contributed by atoms with van der Waals surface area (Å²) in [5, 5.41) is 0. The Morgan fingerprint density at radius 2 is 1.94 bits per heavy atom. The molecule has 4 nitrogen and oxygen atoms in total. The predicted molar refractivity (Wildman–Crippen MR) is 67.6 cm³/mol. The van der Waals surface area contributed by atoms with Crippen LogP contribution in [-0.2, 0) is 10.0 Å². The Bertz CT molecular complexity index is 541. The van der Waals surface area contributed by atoms with E-state index in [0.29, 0.717) is 0 Å². The summed E-state index contributed by atoms with van der Waals surface area (Å²) in [6.45, 7) is 3.02. The lowest BCUT2D eigenvalue weighted by atomic mass is 10.1. The summed E-state index contributed by atoms with van der Waals surface area (Å²) in [5.74, 6) is -0.821. The van der Waals surface area contributed by atoms with Gasteiger partial charge in [0.05, 0.1) is 10.5 Å². The van der Waals surface area contributed by atoms with E-state index in [2.05, 4.69) is 4.72 Å². The van der Waals surface area contributed by atoms with Crippen molar-refractivity contribution in [2.24, 2.45) is 5.73 Å². The Kier molecular flexibility index (Phi) is 3.85. The number of benzene rings is 1. The molecular formula is C10H13FN2O2S2. The van der Waals surface area contributed by atoms with E-state index in [-0.39, 0.29) is 4.99 Å². The first-order valence-electron chi connectivity index (χ1n) is 4.75. The lowest BCUT2D eigenvalue weighted by molar-refractivity contribution is 0.532. The van der Waals surface area contributed by atoms with Crippen molar-refractivity contribution < 1.29 is 12.8 Å². The van der Waals surface area contributed by atoms with Crippen LogP contribution >= 0.6 is 12.2 Å². The monoisotopic (exact) mass is 276 g/mol. The maximum absolute atomic E-state index is 13.4. The van der Waals surface area contributed by atoms with Gasteiger partial charge in [0.15, 0.2) is 0 Å². The Morgan fingerprint density at radius 1 is 1.41 bits per heavy atom. The molecule has 1 rings (SSSR count). The van der Waals surface area contributed by atoms with Gasteiger partial charge in [-0.1, -0.05) is 24.4 Å². The van der Waals surface area contributed by atoms with E-state index in [1.165, 1.54) is 32.0 Å². The Labute approximate surface area is 105 Å². The van der Waals surface area contributed by atoms with Gasteiger partial charge in [0.2, 0.25) is 10.0 Å². The van der Waals surface area contributed by atoms with Crippen molar-refractivity contribution >= 4 is 27.2 Å².